The van der Waals surface area contributed by atoms with Gasteiger partial charge < -0.3 is 10.1 Å². The second kappa shape index (κ2) is 8.68. The van der Waals surface area contributed by atoms with Gasteiger partial charge in [-0.2, -0.15) is 0 Å². The van der Waals surface area contributed by atoms with Crippen molar-refractivity contribution in [3.8, 4) is 5.88 Å². The second-order valence-corrected chi connectivity index (χ2v) is 8.07. The van der Waals surface area contributed by atoms with Gasteiger partial charge in [-0.1, -0.05) is 24.6 Å². The zero-order valence-corrected chi connectivity index (χ0v) is 16.7. The standard InChI is InChI=1S/C19H25ClN2O2S/c1-5-14(16-7-6-10-25-16)11-13(2)22-18(23)19(3,4)24-17-9-8-15(20)12-21-17/h6-10,12-14H,5,11H2,1-4H3,(H,22,23). The SMILES string of the molecule is CCC(CC(C)NC(=O)C(C)(C)Oc1ccc(Cl)cn1)c1cccs1. The molecule has 2 aromatic rings. The molecule has 0 bridgehead atoms. The Labute approximate surface area is 158 Å². The van der Waals surface area contributed by atoms with Gasteiger partial charge in [0.05, 0.1) is 5.02 Å². The predicted octanol–water partition coefficient (Wildman–Crippen LogP) is 5.04. The first-order valence-electron chi connectivity index (χ1n) is 8.46. The van der Waals surface area contributed by atoms with Crippen LogP contribution in [0.4, 0.5) is 0 Å². The lowest BCUT2D eigenvalue weighted by molar-refractivity contribution is -0.135. The summed E-state index contributed by atoms with van der Waals surface area (Å²) in [5.41, 5.74) is -1.01. The van der Waals surface area contributed by atoms with Crippen molar-refractivity contribution >= 4 is 28.8 Å². The fourth-order valence-electron chi connectivity index (χ4n) is 2.62. The average Bonchev–Trinajstić information content (AvgIpc) is 3.08. The fourth-order valence-corrected chi connectivity index (χ4v) is 3.66. The molecule has 0 aliphatic heterocycles. The van der Waals surface area contributed by atoms with Gasteiger partial charge in [0.2, 0.25) is 5.88 Å². The highest BCUT2D eigenvalue weighted by atomic mass is 35.5. The van der Waals surface area contributed by atoms with Crippen molar-refractivity contribution in [2.45, 2.75) is 58.1 Å². The number of nitrogens with one attached hydrogen (secondary N) is 1. The Bertz CT molecular complexity index is 671. The first kappa shape index (κ1) is 19.7. The Kier molecular flexibility index (Phi) is 6.85. The van der Waals surface area contributed by atoms with Gasteiger partial charge in [-0.3, -0.25) is 4.79 Å². The van der Waals surface area contributed by atoms with E-state index < -0.39 is 5.60 Å². The van der Waals surface area contributed by atoms with E-state index in [1.807, 2.05) is 6.92 Å². The maximum absolute atomic E-state index is 12.6. The Hall–Kier alpha value is -1.59. The number of carbonyl (C=O) groups is 1. The van der Waals surface area contributed by atoms with Gasteiger partial charge >= 0.3 is 0 Å². The summed E-state index contributed by atoms with van der Waals surface area (Å²) in [7, 11) is 0. The number of amides is 1. The molecule has 2 rings (SSSR count). The van der Waals surface area contributed by atoms with Crippen LogP contribution in [0.3, 0.4) is 0 Å². The van der Waals surface area contributed by atoms with Crippen LogP contribution in [0.25, 0.3) is 0 Å². The van der Waals surface area contributed by atoms with Crippen molar-refractivity contribution in [2.75, 3.05) is 0 Å². The topological polar surface area (TPSA) is 51.2 Å². The Morgan fingerprint density at radius 2 is 2.16 bits per heavy atom. The number of carbonyl (C=O) groups excluding carboxylic acids is 1. The van der Waals surface area contributed by atoms with Crippen molar-refractivity contribution in [3.05, 3.63) is 45.7 Å². The molecule has 0 saturated carbocycles. The number of halogens is 1. The van der Waals surface area contributed by atoms with E-state index in [4.69, 9.17) is 16.3 Å². The molecule has 6 heteroatoms. The number of rotatable bonds is 8. The molecule has 1 amide bonds. The highest BCUT2D eigenvalue weighted by Crippen LogP contribution is 2.28. The van der Waals surface area contributed by atoms with E-state index in [1.54, 1.807) is 37.3 Å². The van der Waals surface area contributed by atoms with E-state index in [0.717, 1.165) is 12.8 Å². The first-order valence-corrected chi connectivity index (χ1v) is 9.72. The summed E-state index contributed by atoms with van der Waals surface area (Å²) in [6.07, 6.45) is 3.45. The normalized spacial score (nSPS) is 14.0. The highest BCUT2D eigenvalue weighted by molar-refractivity contribution is 7.10. The second-order valence-electron chi connectivity index (χ2n) is 6.66. The third-order valence-electron chi connectivity index (χ3n) is 4.06. The molecule has 0 spiro atoms. The fraction of sp³-hybridized carbons (Fsp3) is 0.474. The number of thiophene rings is 1. The van der Waals surface area contributed by atoms with Gasteiger partial charge in [-0.05, 0) is 57.0 Å². The summed E-state index contributed by atoms with van der Waals surface area (Å²) in [5, 5.41) is 5.69. The Morgan fingerprint density at radius 3 is 2.72 bits per heavy atom. The summed E-state index contributed by atoms with van der Waals surface area (Å²) in [6.45, 7) is 7.69. The third kappa shape index (κ3) is 5.72. The first-order chi connectivity index (χ1) is 11.8. The number of hydrogen-bond donors (Lipinski definition) is 1. The third-order valence-corrected chi connectivity index (χ3v) is 5.32. The largest absolute Gasteiger partial charge is 0.462 e. The van der Waals surface area contributed by atoms with Crippen LogP contribution in [-0.2, 0) is 4.79 Å². The number of pyridine rings is 1. The molecule has 2 unspecified atom stereocenters. The molecular weight excluding hydrogens is 356 g/mol. The maximum atomic E-state index is 12.6. The quantitative estimate of drug-likeness (QED) is 0.697. The predicted molar refractivity (Wildman–Crippen MR) is 104 cm³/mol. The lowest BCUT2D eigenvalue weighted by Crippen LogP contribution is -2.49. The van der Waals surface area contributed by atoms with E-state index in [2.05, 4.69) is 34.7 Å². The minimum absolute atomic E-state index is 0.0561. The summed E-state index contributed by atoms with van der Waals surface area (Å²) >= 11 is 7.59. The van der Waals surface area contributed by atoms with Crippen LogP contribution in [0.15, 0.2) is 35.8 Å². The molecule has 4 nitrogen and oxygen atoms in total. The van der Waals surface area contributed by atoms with Crippen molar-refractivity contribution in [1.82, 2.24) is 10.3 Å². The number of hydrogen-bond acceptors (Lipinski definition) is 4. The van der Waals surface area contributed by atoms with E-state index in [0.29, 0.717) is 16.8 Å². The zero-order valence-electron chi connectivity index (χ0n) is 15.1. The lowest BCUT2D eigenvalue weighted by atomic mass is 9.96. The minimum atomic E-state index is -1.01. The molecule has 0 radical (unpaired) electrons. The van der Waals surface area contributed by atoms with E-state index in [1.165, 1.54) is 11.1 Å². The van der Waals surface area contributed by atoms with Gasteiger partial charge in [-0.25, -0.2) is 4.98 Å². The summed E-state index contributed by atoms with van der Waals surface area (Å²) < 4.78 is 5.74. The number of ether oxygens (including phenoxy) is 1. The summed E-state index contributed by atoms with van der Waals surface area (Å²) in [5.74, 6) is 0.678. The van der Waals surface area contributed by atoms with Crippen molar-refractivity contribution < 1.29 is 9.53 Å². The molecule has 2 aromatic heterocycles. The van der Waals surface area contributed by atoms with E-state index in [9.17, 15) is 4.79 Å². The molecular formula is C19H25ClN2O2S. The van der Waals surface area contributed by atoms with Crippen LogP contribution in [0.2, 0.25) is 5.02 Å². The molecule has 0 saturated heterocycles. The van der Waals surface area contributed by atoms with Crippen LogP contribution in [-0.4, -0.2) is 22.5 Å². The van der Waals surface area contributed by atoms with Crippen molar-refractivity contribution in [1.29, 1.82) is 0 Å². The van der Waals surface area contributed by atoms with Crippen molar-refractivity contribution in [3.63, 3.8) is 0 Å². The summed E-state index contributed by atoms with van der Waals surface area (Å²) in [6, 6.07) is 7.63. The molecule has 1 N–H and O–H groups in total. The van der Waals surface area contributed by atoms with Crippen LogP contribution in [0.5, 0.6) is 5.88 Å². The molecule has 136 valence electrons. The average molecular weight is 381 g/mol. The number of nitrogens with zero attached hydrogens (tertiary/aromatic N) is 1. The van der Waals surface area contributed by atoms with Crippen molar-refractivity contribution in [2.24, 2.45) is 0 Å². The molecule has 2 atom stereocenters. The molecule has 25 heavy (non-hydrogen) atoms. The molecule has 0 aliphatic rings. The van der Waals surface area contributed by atoms with Gasteiger partial charge in [0.25, 0.3) is 5.91 Å². The van der Waals surface area contributed by atoms with Gasteiger partial charge in [-0.15, -0.1) is 11.3 Å². The molecule has 0 fully saturated rings. The monoisotopic (exact) mass is 380 g/mol. The minimum Gasteiger partial charge on any atom is -0.462 e. The van der Waals surface area contributed by atoms with Gasteiger partial charge in [0.1, 0.15) is 0 Å². The molecule has 0 aromatic carbocycles. The van der Waals surface area contributed by atoms with Crippen LogP contribution < -0.4 is 10.1 Å². The lowest BCUT2D eigenvalue weighted by Gasteiger charge is -2.27. The van der Waals surface area contributed by atoms with Crippen LogP contribution >= 0.6 is 22.9 Å². The molecule has 2 heterocycles. The smallest absolute Gasteiger partial charge is 0.263 e. The van der Waals surface area contributed by atoms with Gasteiger partial charge in [0.15, 0.2) is 5.60 Å². The maximum Gasteiger partial charge on any atom is 0.263 e. The highest BCUT2D eigenvalue weighted by Gasteiger charge is 2.31. The zero-order chi connectivity index (χ0) is 18.4. The summed E-state index contributed by atoms with van der Waals surface area (Å²) in [4.78, 5) is 18.1. The Morgan fingerprint density at radius 1 is 1.40 bits per heavy atom. The van der Waals surface area contributed by atoms with E-state index >= 15 is 0 Å². The van der Waals surface area contributed by atoms with Crippen LogP contribution in [0.1, 0.15) is 51.3 Å². The van der Waals surface area contributed by atoms with Gasteiger partial charge in [0, 0.05) is 23.2 Å². The van der Waals surface area contributed by atoms with Crippen LogP contribution in [0, 0.1) is 0 Å². The van der Waals surface area contributed by atoms with E-state index in [-0.39, 0.29) is 11.9 Å². The Balaban J connectivity index is 1.93. The molecule has 0 aliphatic carbocycles. The number of aromatic nitrogens is 1.